The van der Waals surface area contributed by atoms with Gasteiger partial charge in [-0.3, -0.25) is 4.90 Å². The number of para-hydroxylation sites is 1. The van der Waals surface area contributed by atoms with Crippen molar-refractivity contribution in [3.8, 4) is 0 Å². The summed E-state index contributed by atoms with van der Waals surface area (Å²) in [6.45, 7) is 3.34. The number of nitrogens with one attached hydrogen (secondary N) is 1. The van der Waals surface area contributed by atoms with E-state index in [9.17, 15) is 9.90 Å². The van der Waals surface area contributed by atoms with Gasteiger partial charge in [-0.05, 0) is 17.7 Å². The molecule has 2 aromatic carbocycles. The summed E-state index contributed by atoms with van der Waals surface area (Å²) >= 11 is 0. The van der Waals surface area contributed by atoms with Crippen LogP contribution in [0.25, 0.3) is 0 Å². The lowest BCUT2D eigenvalue weighted by Gasteiger charge is -2.39. The summed E-state index contributed by atoms with van der Waals surface area (Å²) < 4.78 is 0. The first-order valence-electron chi connectivity index (χ1n) is 9.27. The highest BCUT2D eigenvalue weighted by atomic mass is 16.3. The molecule has 2 N–H and O–H groups in total. The summed E-state index contributed by atoms with van der Waals surface area (Å²) in [6, 6.07) is 20.2. The molecule has 5 heteroatoms. The molecule has 136 valence electrons. The molecular weight excluding hydrogens is 326 g/mol. The maximum atomic E-state index is 12.7. The standard InChI is InChI=1S/C21H25N3O2/c25-15-17-13-23-11-12-24(21(26)22-18-9-5-2-6-10-18)14-19(23)20(17)16-7-3-1-4-8-16/h1-10,17,19-20,25H,11-15H2,(H,22,26)/t17-,19+,20-/m0/s1. The Morgan fingerprint density at radius 2 is 1.69 bits per heavy atom. The molecule has 2 aromatic rings. The molecule has 0 bridgehead atoms. The molecule has 0 unspecified atom stereocenters. The van der Waals surface area contributed by atoms with Gasteiger partial charge in [0.05, 0.1) is 0 Å². The summed E-state index contributed by atoms with van der Waals surface area (Å²) in [5.74, 6) is 0.480. The summed E-state index contributed by atoms with van der Waals surface area (Å²) in [7, 11) is 0. The van der Waals surface area contributed by atoms with Crippen molar-refractivity contribution in [2.45, 2.75) is 12.0 Å². The third kappa shape index (κ3) is 3.32. The second kappa shape index (κ2) is 7.48. The molecule has 26 heavy (non-hydrogen) atoms. The summed E-state index contributed by atoms with van der Waals surface area (Å²) in [5, 5.41) is 12.9. The second-order valence-corrected chi connectivity index (χ2v) is 7.18. The molecule has 2 heterocycles. The van der Waals surface area contributed by atoms with E-state index in [0.29, 0.717) is 6.54 Å². The smallest absolute Gasteiger partial charge is 0.321 e. The Bertz CT molecular complexity index is 737. The van der Waals surface area contributed by atoms with Crippen LogP contribution < -0.4 is 5.32 Å². The predicted molar refractivity (Wildman–Crippen MR) is 102 cm³/mol. The van der Waals surface area contributed by atoms with Gasteiger partial charge in [-0.25, -0.2) is 4.79 Å². The Hall–Kier alpha value is -2.37. The number of carbonyl (C=O) groups is 1. The number of amides is 2. The molecule has 2 aliphatic heterocycles. The number of fused-ring (bicyclic) bond motifs is 1. The average molecular weight is 351 g/mol. The molecule has 0 aromatic heterocycles. The van der Waals surface area contributed by atoms with Crippen LogP contribution in [0.5, 0.6) is 0 Å². The van der Waals surface area contributed by atoms with Crippen LogP contribution in [0, 0.1) is 5.92 Å². The number of benzene rings is 2. The minimum Gasteiger partial charge on any atom is -0.396 e. The normalized spacial score (nSPS) is 25.7. The van der Waals surface area contributed by atoms with Gasteiger partial charge < -0.3 is 15.3 Å². The van der Waals surface area contributed by atoms with Gasteiger partial charge in [0.15, 0.2) is 0 Å². The first-order valence-corrected chi connectivity index (χ1v) is 9.27. The van der Waals surface area contributed by atoms with E-state index in [1.165, 1.54) is 5.56 Å². The van der Waals surface area contributed by atoms with E-state index in [0.717, 1.165) is 25.3 Å². The van der Waals surface area contributed by atoms with Crippen molar-refractivity contribution in [3.63, 3.8) is 0 Å². The topological polar surface area (TPSA) is 55.8 Å². The number of hydrogen-bond acceptors (Lipinski definition) is 3. The zero-order valence-corrected chi connectivity index (χ0v) is 14.8. The number of piperazine rings is 1. The van der Waals surface area contributed by atoms with Gasteiger partial charge in [0.1, 0.15) is 0 Å². The molecule has 2 fully saturated rings. The minimum absolute atomic E-state index is 0.0462. The van der Waals surface area contributed by atoms with Crippen molar-refractivity contribution >= 4 is 11.7 Å². The molecule has 0 aliphatic carbocycles. The lowest BCUT2D eigenvalue weighted by Crippen LogP contribution is -2.54. The second-order valence-electron chi connectivity index (χ2n) is 7.18. The Morgan fingerprint density at radius 3 is 2.38 bits per heavy atom. The van der Waals surface area contributed by atoms with E-state index in [2.05, 4.69) is 34.5 Å². The summed E-state index contributed by atoms with van der Waals surface area (Å²) in [6.07, 6.45) is 0. The quantitative estimate of drug-likeness (QED) is 0.894. The largest absolute Gasteiger partial charge is 0.396 e. The number of nitrogens with zero attached hydrogens (tertiary/aromatic N) is 2. The number of urea groups is 1. The van der Waals surface area contributed by atoms with Crippen LogP contribution in [-0.2, 0) is 0 Å². The fourth-order valence-corrected chi connectivity index (χ4v) is 4.39. The zero-order valence-electron chi connectivity index (χ0n) is 14.8. The van der Waals surface area contributed by atoms with Crippen molar-refractivity contribution in [1.82, 2.24) is 9.80 Å². The number of aliphatic hydroxyl groups excluding tert-OH is 1. The molecule has 5 nitrogen and oxygen atoms in total. The highest BCUT2D eigenvalue weighted by molar-refractivity contribution is 5.89. The molecule has 2 saturated heterocycles. The predicted octanol–water partition coefficient (Wildman–Crippen LogP) is 2.61. The molecule has 0 spiro atoms. The van der Waals surface area contributed by atoms with Crippen molar-refractivity contribution < 1.29 is 9.90 Å². The monoisotopic (exact) mass is 351 g/mol. The van der Waals surface area contributed by atoms with Crippen LogP contribution in [0.2, 0.25) is 0 Å². The van der Waals surface area contributed by atoms with E-state index in [-0.39, 0.29) is 30.5 Å². The van der Waals surface area contributed by atoms with Gasteiger partial charge in [-0.2, -0.15) is 0 Å². The maximum Gasteiger partial charge on any atom is 0.321 e. The number of anilines is 1. The van der Waals surface area contributed by atoms with Crippen molar-refractivity contribution in [2.75, 3.05) is 38.1 Å². The number of aliphatic hydroxyl groups is 1. The highest BCUT2D eigenvalue weighted by Crippen LogP contribution is 2.39. The van der Waals surface area contributed by atoms with Gasteiger partial charge in [0.2, 0.25) is 0 Å². The Balaban J connectivity index is 1.50. The lowest BCUT2D eigenvalue weighted by molar-refractivity contribution is 0.118. The minimum atomic E-state index is -0.0462. The SMILES string of the molecule is O=C(Nc1ccccc1)N1CCN2C[C@@H](CO)[C@H](c3ccccc3)[C@H]2C1. The average Bonchev–Trinajstić information content (AvgIpc) is 3.07. The van der Waals surface area contributed by atoms with E-state index < -0.39 is 0 Å². The Kier molecular flexibility index (Phi) is 4.91. The van der Waals surface area contributed by atoms with Crippen molar-refractivity contribution in [1.29, 1.82) is 0 Å². The molecular formula is C21H25N3O2. The fourth-order valence-electron chi connectivity index (χ4n) is 4.39. The van der Waals surface area contributed by atoms with Crippen LogP contribution in [-0.4, -0.2) is 59.8 Å². The first-order chi connectivity index (χ1) is 12.8. The molecule has 2 amide bonds. The van der Waals surface area contributed by atoms with E-state index in [4.69, 9.17) is 0 Å². The van der Waals surface area contributed by atoms with Gasteiger partial charge in [-0.15, -0.1) is 0 Å². The molecule has 4 rings (SSSR count). The number of carbonyl (C=O) groups excluding carboxylic acids is 1. The van der Waals surface area contributed by atoms with E-state index in [1.54, 1.807) is 0 Å². The van der Waals surface area contributed by atoms with Gasteiger partial charge >= 0.3 is 6.03 Å². The summed E-state index contributed by atoms with van der Waals surface area (Å²) in [5.41, 5.74) is 2.07. The van der Waals surface area contributed by atoms with Gasteiger partial charge in [-0.1, -0.05) is 48.5 Å². The van der Waals surface area contributed by atoms with E-state index in [1.807, 2.05) is 41.3 Å². The third-order valence-corrected chi connectivity index (χ3v) is 5.66. The van der Waals surface area contributed by atoms with Crippen LogP contribution >= 0.6 is 0 Å². The van der Waals surface area contributed by atoms with Crippen LogP contribution in [0.1, 0.15) is 11.5 Å². The van der Waals surface area contributed by atoms with Crippen LogP contribution in [0.4, 0.5) is 10.5 Å². The molecule has 2 aliphatic rings. The molecule has 3 atom stereocenters. The lowest BCUT2D eigenvalue weighted by atomic mass is 9.84. The third-order valence-electron chi connectivity index (χ3n) is 5.66. The van der Waals surface area contributed by atoms with Crippen molar-refractivity contribution in [2.24, 2.45) is 5.92 Å². The molecule has 0 saturated carbocycles. The first kappa shape index (κ1) is 17.1. The number of rotatable bonds is 3. The van der Waals surface area contributed by atoms with E-state index >= 15 is 0 Å². The maximum absolute atomic E-state index is 12.7. The Labute approximate surface area is 154 Å². The van der Waals surface area contributed by atoms with Gasteiger partial charge in [0.25, 0.3) is 0 Å². The fraction of sp³-hybridized carbons (Fsp3) is 0.381. The highest BCUT2D eigenvalue weighted by Gasteiger charge is 2.45. The number of hydrogen-bond donors (Lipinski definition) is 2. The van der Waals surface area contributed by atoms with Crippen LogP contribution in [0.3, 0.4) is 0 Å². The van der Waals surface area contributed by atoms with Gasteiger partial charge in [0, 0.05) is 56.4 Å². The van der Waals surface area contributed by atoms with Crippen molar-refractivity contribution in [3.05, 3.63) is 66.2 Å². The summed E-state index contributed by atoms with van der Waals surface area (Å²) in [4.78, 5) is 17.0. The Morgan fingerprint density at radius 1 is 1.00 bits per heavy atom. The van der Waals surface area contributed by atoms with Crippen LogP contribution in [0.15, 0.2) is 60.7 Å². The zero-order chi connectivity index (χ0) is 17.9. The molecule has 0 radical (unpaired) electrons.